The first kappa shape index (κ1) is 16.9. The van der Waals surface area contributed by atoms with E-state index < -0.39 is 0 Å². The minimum Gasteiger partial charge on any atom is -0.396 e. The molecule has 5 nitrogen and oxygen atoms in total. The summed E-state index contributed by atoms with van der Waals surface area (Å²) in [5.74, 6) is 0.490. The summed E-state index contributed by atoms with van der Waals surface area (Å²) in [6.07, 6.45) is 0.999. The van der Waals surface area contributed by atoms with Gasteiger partial charge in [0, 0.05) is 42.8 Å². The van der Waals surface area contributed by atoms with Gasteiger partial charge in [-0.25, -0.2) is 0 Å². The lowest BCUT2D eigenvalue weighted by Crippen LogP contribution is -2.54. The molecule has 0 unspecified atom stereocenters. The van der Waals surface area contributed by atoms with Crippen molar-refractivity contribution in [2.45, 2.75) is 20.3 Å². The van der Waals surface area contributed by atoms with Crippen LogP contribution >= 0.6 is 0 Å². The van der Waals surface area contributed by atoms with E-state index in [2.05, 4.69) is 24.8 Å². The van der Waals surface area contributed by atoms with Crippen LogP contribution in [0.4, 0.5) is 5.69 Å². The monoisotopic (exact) mass is 344 g/mol. The molecule has 2 saturated heterocycles. The van der Waals surface area contributed by atoms with Crippen molar-refractivity contribution in [2.75, 3.05) is 50.9 Å². The topological polar surface area (TPSA) is 53.0 Å². The third-order valence-corrected chi connectivity index (χ3v) is 6.47. The molecule has 1 aromatic carbocycles. The van der Waals surface area contributed by atoms with Gasteiger partial charge in [0.1, 0.15) is 0 Å². The number of morpholine rings is 1. The van der Waals surface area contributed by atoms with Gasteiger partial charge in [-0.1, -0.05) is 19.9 Å². The van der Waals surface area contributed by atoms with Crippen LogP contribution in [0.2, 0.25) is 0 Å². The Balaban J connectivity index is 1.52. The number of amides is 1. The van der Waals surface area contributed by atoms with Crippen molar-refractivity contribution in [3.05, 3.63) is 29.8 Å². The predicted octanol–water partition coefficient (Wildman–Crippen LogP) is 2.00. The van der Waals surface area contributed by atoms with Crippen LogP contribution in [-0.4, -0.2) is 61.9 Å². The van der Waals surface area contributed by atoms with E-state index in [4.69, 9.17) is 4.74 Å². The number of carbonyl (C=O) groups is 1. The summed E-state index contributed by atoms with van der Waals surface area (Å²) in [7, 11) is 0. The highest BCUT2D eigenvalue weighted by molar-refractivity contribution is 5.95. The van der Waals surface area contributed by atoms with Crippen molar-refractivity contribution in [3.8, 4) is 0 Å². The average Bonchev–Trinajstić information content (AvgIpc) is 2.97. The highest BCUT2D eigenvalue weighted by Crippen LogP contribution is 2.62. The van der Waals surface area contributed by atoms with Crippen LogP contribution in [0, 0.1) is 16.7 Å². The molecule has 0 spiro atoms. The van der Waals surface area contributed by atoms with Gasteiger partial charge in [0.15, 0.2) is 0 Å². The number of carbonyl (C=O) groups excluding carboxylic acids is 1. The predicted molar refractivity (Wildman–Crippen MR) is 96.8 cm³/mol. The molecule has 4 rings (SSSR count). The molecule has 1 aliphatic carbocycles. The molecule has 1 amide bonds. The Morgan fingerprint density at radius 1 is 1.32 bits per heavy atom. The number of benzene rings is 1. The summed E-state index contributed by atoms with van der Waals surface area (Å²) >= 11 is 0. The fourth-order valence-electron chi connectivity index (χ4n) is 5.33. The van der Waals surface area contributed by atoms with E-state index in [-0.39, 0.29) is 23.3 Å². The molecule has 0 aromatic heterocycles. The van der Waals surface area contributed by atoms with Crippen molar-refractivity contribution in [3.63, 3.8) is 0 Å². The molecule has 0 radical (unpaired) electrons. The van der Waals surface area contributed by atoms with Gasteiger partial charge >= 0.3 is 0 Å². The number of aliphatic hydroxyl groups excluding tert-OH is 1. The number of fused-ring (bicyclic) bond motifs is 1. The van der Waals surface area contributed by atoms with E-state index in [1.807, 2.05) is 23.1 Å². The van der Waals surface area contributed by atoms with E-state index in [9.17, 15) is 9.90 Å². The summed E-state index contributed by atoms with van der Waals surface area (Å²) in [6, 6.07) is 7.94. The zero-order valence-electron chi connectivity index (χ0n) is 15.2. The second-order valence-corrected chi connectivity index (χ2v) is 8.57. The summed E-state index contributed by atoms with van der Waals surface area (Å²) in [4.78, 5) is 17.3. The number of hydrogen-bond donors (Lipinski definition) is 1. The average molecular weight is 344 g/mol. The lowest BCUT2D eigenvalue weighted by Gasteiger charge is -2.55. The first-order chi connectivity index (χ1) is 12.0. The van der Waals surface area contributed by atoms with Gasteiger partial charge in [0.05, 0.1) is 19.8 Å². The van der Waals surface area contributed by atoms with Gasteiger partial charge in [-0.3, -0.25) is 4.79 Å². The van der Waals surface area contributed by atoms with Crippen LogP contribution in [-0.2, 0) is 4.74 Å². The standard InChI is InChI=1S/C20H28N2O3/c1-19(2)12-20(14-23)13-22(11-17(19)20)18(24)15-4-3-5-16(10-15)21-6-8-25-9-7-21/h3-5,10,17,23H,6-9,11-14H2,1-2H3/t17-,20-/m1/s1. The Morgan fingerprint density at radius 2 is 2.08 bits per heavy atom. The Hall–Kier alpha value is -1.59. The Labute approximate surface area is 149 Å². The van der Waals surface area contributed by atoms with Crippen LogP contribution in [0.5, 0.6) is 0 Å². The van der Waals surface area contributed by atoms with Gasteiger partial charge in [0.2, 0.25) is 0 Å². The number of aliphatic hydroxyl groups is 1. The molecule has 0 bridgehead atoms. The van der Waals surface area contributed by atoms with Crippen LogP contribution in [0.25, 0.3) is 0 Å². The zero-order valence-corrected chi connectivity index (χ0v) is 15.2. The fourth-order valence-corrected chi connectivity index (χ4v) is 5.33. The van der Waals surface area contributed by atoms with Crippen molar-refractivity contribution < 1.29 is 14.6 Å². The molecule has 3 aliphatic rings. The molecule has 5 heteroatoms. The molecule has 136 valence electrons. The lowest BCUT2D eigenvalue weighted by molar-refractivity contribution is -0.0976. The highest BCUT2D eigenvalue weighted by atomic mass is 16.5. The third kappa shape index (κ3) is 2.74. The smallest absolute Gasteiger partial charge is 0.253 e. The molecule has 2 heterocycles. The minimum absolute atomic E-state index is 0.0824. The van der Waals surface area contributed by atoms with Gasteiger partial charge in [-0.2, -0.15) is 0 Å². The molecule has 2 atom stereocenters. The second kappa shape index (κ2) is 5.99. The molecular formula is C20H28N2O3. The van der Waals surface area contributed by atoms with E-state index in [1.165, 1.54) is 0 Å². The van der Waals surface area contributed by atoms with Gasteiger partial charge in [0.25, 0.3) is 5.91 Å². The van der Waals surface area contributed by atoms with Crippen LogP contribution in [0.1, 0.15) is 30.6 Å². The Morgan fingerprint density at radius 3 is 2.72 bits per heavy atom. The second-order valence-electron chi connectivity index (χ2n) is 8.57. The molecule has 1 saturated carbocycles. The number of ether oxygens (including phenoxy) is 1. The number of likely N-dealkylation sites (tertiary alicyclic amines) is 1. The SMILES string of the molecule is CC1(C)C[C@]2(CO)CN(C(=O)c3cccc(N4CCOCC4)c3)C[C@H]12. The Kier molecular flexibility index (Phi) is 4.04. The zero-order chi connectivity index (χ0) is 17.7. The summed E-state index contributed by atoms with van der Waals surface area (Å²) in [5, 5.41) is 9.91. The van der Waals surface area contributed by atoms with E-state index in [0.717, 1.165) is 50.5 Å². The summed E-state index contributed by atoms with van der Waals surface area (Å²) in [5.41, 5.74) is 1.97. The fraction of sp³-hybridized carbons (Fsp3) is 0.650. The van der Waals surface area contributed by atoms with Gasteiger partial charge in [-0.15, -0.1) is 0 Å². The number of hydrogen-bond acceptors (Lipinski definition) is 4. The number of nitrogens with zero attached hydrogens (tertiary/aromatic N) is 2. The maximum Gasteiger partial charge on any atom is 0.253 e. The first-order valence-corrected chi connectivity index (χ1v) is 9.28. The van der Waals surface area contributed by atoms with Crippen molar-refractivity contribution in [1.82, 2.24) is 4.90 Å². The lowest BCUT2D eigenvalue weighted by atomic mass is 9.48. The van der Waals surface area contributed by atoms with Crippen molar-refractivity contribution >= 4 is 11.6 Å². The molecule has 25 heavy (non-hydrogen) atoms. The maximum atomic E-state index is 13.1. The summed E-state index contributed by atoms with van der Waals surface area (Å²) < 4.78 is 5.41. The van der Waals surface area contributed by atoms with Gasteiger partial charge < -0.3 is 19.6 Å². The Bertz CT molecular complexity index is 669. The van der Waals surface area contributed by atoms with Crippen LogP contribution in [0.3, 0.4) is 0 Å². The number of anilines is 1. The largest absolute Gasteiger partial charge is 0.396 e. The third-order valence-electron chi connectivity index (χ3n) is 6.47. The first-order valence-electron chi connectivity index (χ1n) is 9.28. The maximum absolute atomic E-state index is 13.1. The number of rotatable bonds is 3. The van der Waals surface area contributed by atoms with Gasteiger partial charge in [-0.05, 0) is 36.0 Å². The molecule has 3 fully saturated rings. The highest BCUT2D eigenvalue weighted by Gasteiger charge is 2.63. The normalized spacial score (nSPS) is 30.8. The van der Waals surface area contributed by atoms with Crippen LogP contribution in [0.15, 0.2) is 24.3 Å². The minimum atomic E-state index is -0.0824. The van der Waals surface area contributed by atoms with E-state index in [0.29, 0.717) is 12.5 Å². The van der Waals surface area contributed by atoms with E-state index in [1.54, 1.807) is 0 Å². The molecule has 1 N–H and O–H groups in total. The van der Waals surface area contributed by atoms with Crippen molar-refractivity contribution in [2.24, 2.45) is 16.7 Å². The van der Waals surface area contributed by atoms with Crippen molar-refractivity contribution in [1.29, 1.82) is 0 Å². The quantitative estimate of drug-likeness (QED) is 0.911. The van der Waals surface area contributed by atoms with Crippen LogP contribution < -0.4 is 4.90 Å². The van der Waals surface area contributed by atoms with E-state index >= 15 is 0 Å². The molecule has 2 aliphatic heterocycles. The summed E-state index contributed by atoms with van der Waals surface area (Å²) in [6.45, 7) is 9.32. The molecular weight excluding hydrogens is 316 g/mol. The molecule has 1 aromatic rings.